The van der Waals surface area contributed by atoms with Crippen molar-refractivity contribution in [2.24, 2.45) is 0 Å². The molecular weight excluding hydrogens is 352 g/mol. The molecule has 2 heterocycles. The van der Waals surface area contributed by atoms with Crippen molar-refractivity contribution < 1.29 is 14.3 Å². The minimum Gasteiger partial charge on any atom is -0.494 e. The number of hydrogen-bond donors (Lipinski definition) is 2. The molecule has 2 N–H and O–H groups in total. The smallest absolute Gasteiger partial charge is 0.321 e. The van der Waals surface area contributed by atoms with Gasteiger partial charge in [-0.1, -0.05) is 11.3 Å². The molecule has 1 aromatic carbocycles. The lowest BCUT2D eigenvalue weighted by Gasteiger charge is -2.13. The molecule has 0 saturated heterocycles. The summed E-state index contributed by atoms with van der Waals surface area (Å²) in [7, 11) is 0. The maximum atomic E-state index is 12.2. The van der Waals surface area contributed by atoms with Crippen LogP contribution in [0, 0.1) is 0 Å². The topological polar surface area (TPSA) is 85.4 Å². The molecular formula is C18H22N4O3S. The Morgan fingerprint density at radius 1 is 1.38 bits per heavy atom. The first-order valence-electron chi connectivity index (χ1n) is 8.96. The van der Waals surface area contributed by atoms with Gasteiger partial charge < -0.3 is 14.8 Å². The largest absolute Gasteiger partial charge is 0.494 e. The number of benzene rings is 1. The van der Waals surface area contributed by atoms with Crippen molar-refractivity contribution in [3.8, 4) is 11.5 Å². The van der Waals surface area contributed by atoms with Crippen LogP contribution < -0.4 is 20.1 Å². The van der Waals surface area contributed by atoms with Crippen LogP contribution in [0.3, 0.4) is 0 Å². The summed E-state index contributed by atoms with van der Waals surface area (Å²) in [4.78, 5) is 12.2. The summed E-state index contributed by atoms with van der Waals surface area (Å²) in [6.07, 6.45) is 3.38. The standard InChI is InChI=1S/C18H22N4O3S/c1-3-24-14-7-12-6-10(2)25-15(12)8-13(14)9-19-17(23)20-18-22-21-16(26-18)11-4-5-11/h7-8,10-11H,3-6,9H2,1-2H3,(H2,19,20,22,23)/t10-/m1/s1. The molecule has 2 aliphatic rings. The van der Waals surface area contributed by atoms with Crippen molar-refractivity contribution in [3.05, 3.63) is 28.3 Å². The lowest BCUT2D eigenvalue weighted by molar-refractivity contribution is 0.250. The normalized spacial score (nSPS) is 18.2. The van der Waals surface area contributed by atoms with Crippen molar-refractivity contribution in [1.82, 2.24) is 15.5 Å². The number of carbonyl (C=O) groups excluding carboxylic acids is 1. The van der Waals surface area contributed by atoms with Crippen LogP contribution in [-0.2, 0) is 13.0 Å². The molecule has 1 aliphatic carbocycles. The molecule has 1 fully saturated rings. The summed E-state index contributed by atoms with van der Waals surface area (Å²) in [6, 6.07) is 3.67. The van der Waals surface area contributed by atoms with Crippen LogP contribution >= 0.6 is 11.3 Å². The number of hydrogen-bond acceptors (Lipinski definition) is 6. The van der Waals surface area contributed by atoms with E-state index in [1.54, 1.807) is 0 Å². The van der Waals surface area contributed by atoms with Crippen LogP contribution in [0.4, 0.5) is 9.93 Å². The number of carbonyl (C=O) groups is 1. The van der Waals surface area contributed by atoms with Crippen LogP contribution in [0.5, 0.6) is 11.5 Å². The summed E-state index contributed by atoms with van der Waals surface area (Å²) < 4.78 is 11.6. The highest BCUT2D eigenvalue weighted by molar-refractivity contribution is 7.15. The Labute approximate surface area is 156 Å². The van der Waals surface area contributed by atoms with Gasteiger partial charge in [-0.3, -0.25) is 5.32 Å². The Morgan fingerprint density at radius 2 is 2.23 bits per heavy atom. The second-order valence-corrected chi connectivity index (χ2v) is 7.67. The van der Waals surface area contributed by atoms with E-state index in [9.17, 15) is 4.79 Å². The molecule has 0 bridgehead atoms. The summed E-state index contributed by atoms with van der Waals surface area (Å²) in [5, 5.41) is 15.3. The van der Waals surface area contributed by atoms with E-state index in [1.807, 2.05) is 26.0 Å². The zero-order chi connectivity index (χ0) is 18.1. The first-order chi connectivity index (χ1) is 12.6. The number of ether oxygens (including phenoxy) is 2. The van der Waals surface area contributed by atoms with E-state index in [4.69, 9.17) is 9.47 Å². The third-order valence-electron chi connectivity index (χ3n) is 4.41. The van der Waals surface area contributed by atoms with Gasteiger partial charge in [0.25, 0.3) is 0 Å². The molecule has 0 unspecified atom stereocenters. The minimum absolute atomic E-state index is 0.170. The first-order valence-corrected chi connectivity index (χ1v) is 9.77. The summed E-state index contributed by atoms with van der Waals surface area (Å²) in [5.41, 5.74) is 2.04. The van der Waals surface area contributed by atoms with Crippen LogP contribution in [0.25, 0.3) is 0 Å². The van der Waals surface area contributed by atoms with Gasteiger partial charge in [-0.05, 0) is 38.8 Å². The number of rotatable bonds is 6. The molecule has 4 rings (SSSR count). The monoisotopic (exact) mass is 374 g/mol. The highest BCUT2D eigenvalue weighted by Crippen LogP contribution is 2.42. The number of fused-ring (bicyclic) bond motifs is 1. The molecule has 138 valence electrons. The van der Waals surface area contributed by atoms with Gasteiger partial charge in [0.1, 0.15) is 22.6 Å². The maximum absolute atomic E-state index is 12.2. The van der Waals surface area contributed by atoms with E-state index in [0.29, 0.717) is 24.2 Å². The Kier molecular flexibility index (Phi) is 4.67. The van der Waals surface area contributed by atoms with Crippen molar-refractivity contribution in [3.63, 3.8) is 0 Å². The summed E-state index contributed by atoms with van der Waals surface area (Å²) >= 11 is 1.44. The average Bonchev–Trinajstić information content (AvgIpc) is 3.25. The molecule has 0 spiro atoms. The molecule has 8 heteroatoms. The molecule has 26 heavy (non-hydrogen) atoms. The second kappa shape index (κ2) is 7.11. The molecule has 1 atom stereocenters. The van der Waals surface area contributed by atoms with E-state index in [-0.39, 0.29) is 12.1 Å². The SMILES string of the molecule is CCOc1cc2c(cc1CNC(=O)Nc1nnc(C3CC3)s1)O[C@H](C)C2. The predicted octanol–water partition coefficient (Wildman–Crippen LogP) is 3.46. The average molecular weight is 374 g/mol. The Hall–Kier alpha value is -2.35. The molecule has 1 aliphatic heterocycles. The van der Waals surface area contributed by atoms with Gasteiger partial charge in [0.15, 0.2) is 0 Å². The number of urea groups is 1. The zero-order valence-electron chi connectivity index (χ0n) is 14.9. The van der Waals surface area contributed by atoms with Crippen molar-refractivity contribution in [2.75, 3.05) is 11.9 Å². The minimum atomic E-state index is -0.305. The van der Waals surface area contributed by atoms with Gasteiger partial charge in [0.2, 0.25) is 5.13 Å². The lowest BCUT2D eigenvalue weighted by Crippen LogP contribution is -2.28. The highest BCUT2D eigenvalue weighted by atomic mass is 32.1. The van der Waals surface area contributed by atoms with Crippen LogP contribution in [0.2, 0.25) is 0 Å². The number of aromatic nitrogens is 2. The van der Waals surface area contributed by atoms with Gasteiger partial charge in [0, 0.05) is 30.0 Å². The third-order valence-corrected chi connectivity index (χ3v) is 5.41. The van der Waals surface area contributed by atoms with Gasteiger partial charge in [-0.25, -0.2) is 4.79 Å². The van der Waals surface area contributed by atoms with E-state index >= 15 is 0 Å². The molecule has 1 saturated carbocycles. The molecule has 2 amide bonds. The van der Waals surface area contributed by atoms with Crippen molar-refractivity contribution >= 4 is 22.5 Å². The summed E-state index contributed by atoms with van der Waals surface area (Å²) in [6.45, 7) is 4.91. The number of amides is 2. The Balaban J connectivity index is 1.39. The highest BCUT2D eigenvalue weighted by Gasteiger charge is 2.28. The fraction of sp³-hybridized carbons (Fsp3) is 0.500. The van der Waals surface area contributed by atoms with E-state index in [1.165, 1.54) is 24.2 Å². The van der Waals surface area contributed by atoms with E-state index in [2.05, 4.69) is 20.8 Å². The molecule has 2 aromatic rings. The maximum Gasteiger partial charge on any atom is 0.321 e. The Bertz CT molecular complexity index is 819. The van der Waals surface area contributed by atoms with Crippen LogP contribution in [0.15, 0.2) is 12.1 Å². The number of nitrogens with one attached hydrogen (secondary N) is 2. The van der Waals surface area contributed by atoms with Gasteiger partial charge in [-0.2, -0.15) is 0 Å². The Morgan fingerprint density at radius 3 is 3.00 bits per heavy atom. The zero-order valence-corrected chi connectivity index (χ0v) is 15.7. The number of nitrogens with zero attached hydrogens (tertiary/aromatic N) is 2. The second-order valence-electron chi connectivity index (χ2n) is 6.66. The van der Waals surface area contributed by atoms with Crippen molar-refractivity contribution in [1.29, 1.82) is 0 Å². The van der Waals surface area contributed by atoms with Crippen LogP contribution in [-0.4, -0.2) is 28.9 Å². The third kappa shape index (κ3) is 3.75. The summed E-state index contributed by atoms with van der Waals surface area (Å²) in [5.74, 6) is 2.20. The number of anilines is 1. The molecule has 7 nitrogen and oxygen atoms in total. The van der Waals surface area contributed by atoms with Gasteiger partial charge >= 0.3 is 6.03 Å². The first kappa shape index (κ1) is 17.1. The quantitative estimate of drug-likeness (QED) is 0.809. The van der Waals surface area contributed by atoms with Gasteiger partial charge in [-0.15, -0.1) is 10.2 Å². The fourth-order valence-corrected chi connectivity index (χ4v) is 3.91. The molecule has 1 aromatic heterocycles. The van der Waals surface area contributed by atoms with Crippen molar-refractivity contribution in [2.45, 2.75) is 51.7 Å². The predicted molar refractivity (Wildman–Crippen MR) is 99.1 cm³/mol. The molecule has 0 radical (unpaired) electrons. The van der Waals surface area contributed by atoms with E-state index < -0.39 is 0 Å². The van der Waals surface area contributed by atoms with Crippen LogP contribution in [0.1, 0.15) is 48.7 Å². The van der Waals surface area contributed by atoms with E-state index in [0.717, 1.165) is 34.1 Å². The lowest BCUT2D eigenvalue weighted by atomic mass is 10.1. The fourth-order valence-electron chi connectivity index (χ4n) is 3.01. The van der Waals surface area contributed by atoms with Gasteiger partial charge in [0.05, 0.1) is 6.61 Å².